The van der Waals surface area contributed by atoms with Crippen LogP contribution in [0.4, 0.5) is 5.82 Å². The Morgan fingerprint density at radius 2 is 2.21 bits per heavy atom. The third-order valence-electron chi connectivity index (χ3n) is 3.15. The van der Waals surface area contributed by atoms with Crippen molar-refractivity contribution in [3.63, 3.8) is 0 Å². The Labute approximate surface area is 113 Å². The highest BCUT2D eigenvalue weighted by Crippen LogP contribution is 2.23. The Balaban J connectivity index is 2.06. The maximum absolute atomic E-state index is 12.0. The molecule has 1 amide bonds. The highest BCUT2D eigenvalue weighted by atomic mass is 16.2. The molecule has 1 aromatic rings. The van der Waals surface area contributed by atoms with Gasteiger partial charge in [-0.15, -0.1) is 0 Å². The zero-order chi connectivity index (χ0) is 14.0. The molecule has 5 heteroatoms. The van der Waals surface area contributed by atoms with E-state index in [-0.39, 0.29) is 17.5 Å². The topological polar surface area (TPSA) is 69.0 Å². The quantitative estimate of drug-likeness (QED) is 0.877. The van der Waals surface area contributed by atoms with Gasteiger partial charge in [-0.25, -0.2) is 4.98 Å². The van der Waals surface area contributed by atoms with Gasteiger partial charge in [0.05, 0.1) is 6.04 Å². The Bertz CT molecular complexity index is 527. The van der Waals surface area contributed by atoms with Gasteiger partial charge in [0.1, 0.15) is 17.6 Å². The van der Waals surface area contributed by atoms with Crippen molar-refractivity contribution in [2.75, 3.05) is 11.9 Å². The third kappa shape index (κ3) is 3.02. The predicted octanol–water partition coefficient (Wildman–Crippen LogP) is 1.76. The van der Waals surface area contributed by atoms with E-state index in [1.807, 2.05) is 37.8 Å². The number of hydrogen-bond donors (Lipinski definition) is 1. The van der Waals surface area contributed by atoms with Crippen LogP contribution in [0, 0.1) is 11.3 Å². The molecule has 1 unspecified atom stereocenters. The fraction of sp³-hybridized carbons (Fsp3) is 0.500. The summed E-state index contributed by atoms with van der Waals surface area (Å²) in [5.74, 6) is 0.800. The number of amides is 1. The third-order valence-corrected chi connectivity index (χ3v) is 3.15. The van der Waals surface area contributed by atoms with E-state index in [1.165, 1.54) is 0 Å². The monoisotopic (exact) mass is 258 g/mol. The Morgan fingerprint density at radius 1 is 1.47 bits per heavy atom. The Morgan fingerprint density at radius 3 is 2.79 bits per heavy atom. The average Bonchev–Trinajstić information content (AvgIpc) is 2.70. The van der Waals surface area contributed by atoms with Crippen LogP contribution in [-0.4, -0.2) is 33.9 Å². The molecule has 0 bridgehead atoms. The van der Waals surface area contributed by atoms with E-state index in [4.69, 9.17) is 5.26 Å². The van der Waals surface area contributed by atoms with Gasteiger partial charge in [0.15, 0.2) is 0 Å². The number of carbonyl (C=O) groups is 1. The molecule has 100 valence electrons. The number of likely N-dealkylation sites (tertiary alicyclic amines) is 1. The van der Waals surface area contributed by atoms with E-state index in [0.717, 1.165) is 0 Å². The number of nitrogens with zero attached hydrogens (tertiary/aromatic N) is 3. The first kappa shape index (κ1) is 13.3. The fourth-order valence-electron chi connectivity index (χ4n) is 2.24. The Kier molecular flexibility index (Phi) is 3.43. The molecule has 0 radical (unpaired) electrons. The van der Waals surface area contributed by atoms with Crippen LogP contribution >= 0.6 is 0 Å². The zero-order valence-corrected chi connectivity index (χ0v) is 11.5. The van der Waals surface area contributed by atoms with E-state index >= 15 is 0 Å². The van der Waals surface area contributed by atoms with E-state index in [9.17, 15) is 4.79 Å². The van der Waals surface area contributed by atoms with Crippen LogP contribution in [0.3, 0.4) is 0 Å². The van der Waals surface area contributed by atoms with Gasteiger partial charge in [-0.2, -0.15) is 5.26 Å². The van der Waals surface area contributed by atoms with Crippen molar-refractivity contribution in [3.05, 3.63) is 23.9 Å². The molecule has 1 atom stereocenters. The number of anilines is 1. The van der Waals surface area contributed by atoms with Crippen molar-refractivity contribution in [1.29, 1.82) is 5.26 Å². The normalized spacial score (nSPS) is 19.4. The fourth-order valence-corrected chi connectivity index (χ4v) is 2.24. The minimum absolute atomic E-state index is 0.0492. The maximum atomic E-state index is 12.0. The molecule has 1 N–H and O–H groups in total. The van der Waals surface area contributed by atoms with Gasteiger partial charge in [-0.3, -0.25) is 4.79 Å². The molecular formula is C14H18N4O. The lowest BCUT2D eigenvalue weighted by atomic mass is 10.1. The number of hydrogen-bond acceptors (Lipinski definition) is 4. The number of nitrogens with one attached hydrogen (secondary N) is 1. The van der Waals surface area contributed by atoms with Gasteiger partial charge in [0, 0.05) is 18.5 Å². The summed E-state index contributed by atoms with van der Waals surface area (Å²) in [6, 6.07) is 7.31. The summed E-state index contributed by atoms with van der Waals surface area (Å²) in [7, 11) is 0. The van der Waals surface area contributed by atoms with Crippen molar-refractivity contribution in [1.82, 2.24) is 9.88 Å². The second-order valence-corrected chi connectivity index (χ2v) is 5.74. The molecule has 1 aliphatic heterocycles. The first-order valence-corrected chi connectivity index (χ1v) is 6.34. The molecule has 0 saturated carbocycles. The van der Waals surface area contributed by atoms with Gasteiger partial charge in [-0.1, -0.05) is 6.07 Å². The van der Waals surface area contributed by atoms with E-state index in [1.54, 1.807) is 12.1 Å². The second-order valence-electron chi connectivity index (χ2n) is 5.74. The number of aromatic nitrogens is 1. The highest BCUT2D eigenvalue weighted by Gasteiger charge is 2.36. The van der Waals surface area contributed by atoms with Gasteiger partial charge in [0.2, 0.25) is 5.91 Å². The molecule has 1 aliphatic rings. The first-order chi connectivity index (χ1) is 8.90. The second kappa shape index (κ2) is 4.88. The lowest BCUT2D eigenvalue weighted by Crippen LogP contribution is -2.43. The van der Waals surface area contributed by atoms with Crippen LogP contribution < -0.4 is 5.32 Å². The molecular weight excluding hydrogens is 240 g/mol. The number of nitriles is 1. The molecule has 2 rings (SSSR count). The van der Waals surface area contributed by atoms with Crippen molar-refractivity contribution < 1.29 is 4.79 Å². The molecule has 1 saturated heterocycles. The van der Waals surface area contributed by atoms with Crippen LogP contribution in [0.5, 0.6) is 0 Å². The van der Waals surface area contributed by atoms with Crippen LogP contribution in [-0.2, 0) is 4.79 Å². The summed E-state index contributed by atoms with van der Waals surface area (Å²) in [5, 5.41) is 12.0. The zero-order valence-electron chi connectivity index (χ0n) is 11.5. The number of carbonyl (C=O) groups excluding carboxylic acids is 1. The lowest BCUT2D eigenvalue weighted by Gasteiger charge is -2.32. The van der Waals surface area contributed by atoms with Crippen molar-refractivity contribution >= 4 is 11.7 Å². The van der Waals surface area contributed by atoms with Crippen molar-refractivity contribution in [2.24, 2.45) is 0 Å². The summed E-state index contributed by atoms with van der Waals surface area (Å²) in [6.07, 6.45) is 0.468. The minimum Gasteiger partial charge on any atom is -0.365 e. The van der Waals surface area contributed by atoms with Crippen LogP contribution in [0.1, 0.15) is 32.9 Å². The molecule has 1 aromatic heterocycles. The number of pyridine rings is 1. The van der Waals surface area contributed by atoms with E-state index in [0.29, 0.717) is 24.5 Å². The smallest absolute Gasteiger partial charge is 0.225 e. The summed E-state index contributed by atoms with van der Waals surface area (Å²) >= 11 is 0. The van der Waals surface area contributed by atoms with Crippen LogP contribution in [0.25, 0.3) is 0 Å². The predicted molar refractivity (Wildman–Crippen MR) is 72.4 cm³/mol. The number of rotatable bonds is 2. The summed E-state index contributed by atoms with van der Waals surface area (Å²) in [5.41, 5.74) is 0.220. The molecule has 0 aliphatic carbocycles. The molecule has 2 heterocycles. The molecule has 5 nitrogen and oxygen atoms in total. The molecule has 0 aromatic carbocycles. The molecule has 0 spiro atoms. The molecule has 1 fully saturated rings. The maximum Gasteiger partial charge on any atom is 0.225 e. The summed E-state index contributed by atoms with van der Waals surface area (Å²) in [4.78, 5) is 18.0. The van der Waals surface area contributed by atoms with Crippen molar-refractivity contribution in [2.45, 2.75) is 38.8 Å². The Hall–Kier alpha value is -2.09. The SMILES string of the molecule is CC(C)(C)N1CC(Nc2cccc(C#N)n2)CC1=O. The van der Waals surface area contributed by atoms with Gasteiger partial charge in [-0.05, 0) is 32.9 Å². The van der Waals surface area contributed by atoms with E-state index < -0.39 is 0 Å². The lowest BCUT2D eigenvalue weighted by molar-refractivity contribution is -0.131. The average molecular weight is 258 g/mol. The van der Waals surface area contributed by atoms with Gasteiger partial charge >= 0.3 is 0 Å². The highest BCUT2D eigenvalue weighted by molar-refractivity contribution is 5.80. The van der Waals surface area contributed by atoms with Gasteiger partial charge < -0.3 is 10.2 Å². The standard InChI is InChI=1S/C14H18N4O/c1-14(2,3)18-9-11(7-13(18)19)17-12-6-4-5-10(8-15)16-12/h4-6,11H,7,9H2,1-3H3,(H,16,17). The van der Waals surface area contributed by atoms with E-state index in [2.05, 4.69) is 10.3 Å². The minimum atomic E-state index is -0.157. The molecule has 19 heavy (non-hydrogen) atoms. The largest absolute Gasteiger partial charge is 0.365 e. The van der Waals surface area contributed by atoms with Crippen molar-refractivity contribution in [3.8, 4) is 6.07 Å². The van der Waals surface area contributed by atoms with Crippen LogP contribution in [0.15, 0.2) is 18.2 Å². The summed E-state index contributed by atoms with van der Waals surface area (Å²) < 4.78 is 0. The van der Waals surface area contributed by atoms with Gasteiger partial charge in [0.25, 0.3) is 0 Å². The first-order valence-electron chi connectivity index (χ1n) is 6.34. The summed E-state index contributed by atoms with van der Waals surface area (Å²) in [6.45, 7) is 6.76. The van der Waals surface area contributed by atoms with Crippen LogP contribution in [0.2, 0.25) is 0 Å².